The summed E-state index contributed by atoms with van der Waals surface area (Å²) in [4.78, 5) is 0. The molecule has 0 bridgehead atoms. The van der Waals surface area contributed by atoms with E-state index in [0.29, 0.717) is 0 Å². The number of hydrogen-bond donors (Lipinski definition) is 4. The van der Waals surface area contributed by atoms with Gasteiger partial charge in [-0.1, -0.05) is 0 Å². The Kier molecular flexibility index (Phi) is 3.81. The van der Waals surface area contributed by atoms with E-state index in [9.17, 15) is 5.11 Å². The predicted octanol–water partition coefficient (Wildman–Crippen LogP) is -1.32. The van der Waals surface area contributed by atoms with Crippen LogP contribution >= 0.6 is 0 Å². The Morgan fingerprint density at radius 2 is 1.40 bits per heavy atom. The van der Waals surface area contributed by atoms with Crippen molar-refractivity contribution in [1.29, 1.82) is 0 Å². The topological polar surface area (TPSA) is 56.3 Å². The van der Waals surface area contributed by atoms with Crippen LogP contribution in [0.1, 0.15) is 6.92 Å². The van der Waals surface area contributed by atoms with E-state index >= 15 is 0 Å². The highest BCUT2D eigenvalue weighted by Gasteiger charge is 2.29. The number of likely N-dealkylation sites (N-methyl/N-ethyl adjacent to an activating group) is 3. The second-order valence-electron chi connectivity index (χ2n) is 2.23. The summed E-state index contributed by atoms with van der Waals surface area (Å²) in [5.41, 5.74) is 0. The van der Waals surface area contributed by atoms with E-state index in [1.54, 1.807) is 28.1 Å². The summed E-state index contributed by atoms with van der Waals surface area (Å²) in [6, 6.07) is 0. The molecule has 0 aromatic heterocycles. The second kappa shape index (κ2) is 3.88. The molecule has 0 amide bonds. The Labute approximate surface area is 62.0 Å². The Morgan fingerprint density at radius 1 is 1.10 bits per heavy atom. The summed E-state index contributed by atoms with van der Waals surface area (Å²) in [5.74, 6) is -0.569. The fourth-order valence-corrected chi connectivity index (χ4v) is 1.00. The molecule has 0 fully saturated rings. The van der Waals surface area contributed by atoms with Crippen molar-refractivity contribution in [1.82, 2.24) is 16.0 Å². The molecular weight excluding hydrogens is 130 g/mol. The highest BCUT2D eigenvalue weighted by atomic mass is 16.3. The van der Waals surface area contributed by atoms with Gasteiger partial charge in [0.05, 0.1) is 6.10 Å². The lowest BCUT2D eigenvalue weighted by molar-refractivity contribution is 0.0410. The maximum Gasteiger partial charge on any atom is 0.149 e. The van der Waals surface area contributed by atoms with E-state index in [2.05, 4.69) is 16.0 Å². The predicted molar refractivity (Wildman–Crippen MR) is 41.6 cm³/mol. The summed E-state index contributed by atoms with van der Waals surface area (Å²) in [7, 11) is 5.33. The minimum Gasteiger partial charge on any atom is -0.389 e. The van der Waals surface area contributed by atoms with Crippen LogP contribution < -0.4 is 16.0 Å². The molecule has 0 radical (unpaired) electrons. The molecule has 0 aromatic carbocycles. The normalized spacial score (nSPS) is 15.3. The fourth-order valence-electron chi connectivity index (χ4n) is 1.00. The molecule has 0 aliphatic heterocycles. The number of aliphatic hydroxyl groups is 1. The average Bonchev–Trinajstić information content (AvgIpc) is 1.92. The van der Waals surface area contributed by atoms with Gasteiger partial charge in [-0.2, -0.15) is 0 Å². The molecule has 10 heavy (non-hydrogen) atoms. The molecule has 0 spiro atoms. The Balaban J connectivity index is 4.15. The largest absolute Gasteiger partial charge is 0.389 e. The van der Waals surface area contributed by atoms with Crippen LogP contribution in [0, 0.1) is 0 Å². The molecule has 0 saturated heterocycles. The molecule has 1 atom stereocenters. The van der Waals surface area contributed by atoms with Crippen LogP contribution in [0.15, 0.2) is 0 Å². The summed E-state index contributed by atoms with van der Waals surface area (Å²) in [5, 5.41) is 18.1. The van der Waals surface area contributed by atoms with Gasteiger partial charge in [0.1, 0.15) is 5.79 Å². The van der Waals surface area contributed by atoms with Gasteiger partial charge in [0.15, 0.2) is 0 Å². The molecule has 1 unspecified atom stereocenters. The number of aliphatic hydroxyl groups excluding tert-OH is 1. The lowest BCUT2D eigenvalue weighted by Crippen LogP contribution is -2.69. The molecule has 4 nitrogen and oxygen atoms in total. The first-order valence-corrected chi connectivity index (χ1v) is 3.37. The van der Waals surface area contributed by atoms with E-state index in [0.717, 1.165) is 0 Å². The highest BCUT2D eigenvalue weighted by molar-refractivity contribution is 4.83. The Morgan fingerprint density at radius 3 is 1.40 bits per heavy atom. The first-order chi connectivity index (χ1) is 4.63. The van der Waals surface area contributed by atoms with Gasteiger partial charge in [0.25, 0.3) is 0 Å². The quantitative estimate of drug-likeness (QED) is 0.373. The second-order valence-corrected chi connectivity index (χ2v) is 2.23. The van der Waals surface area contributed by atoms with Crippen molar-refractivity contribution in [2.75, 3.05) is 21.1 Å². The lowest BCUT2D eigenvalue weighted by Gasteiger charge is -2.35. The van der Waals surface area contributed by atoms with E-state index in [-0.39, 0.29) is 0 Å². The molecule has 0 heterocycles. The summed E-state index contributed by atoms with van der Waals surface area (Å²) >= 11 is 0. The van der Waals surface area contributed by atoms with Crippen molar-refractivity contribution >= 4 is 0 Å². The zero-order chi connectivity index (χ0) is 8.20. The molecule has 4 heteroatoms. The Bertz CT molecular complexity index is 82.7. The fraction of sp³-hybridized carbons (Fsp3) is 1.00. The molecule has 62 valence electrons. The van der Waals surface area contributed by atoms with Crippen molar-refractivity contribution in [2.24, 2.45) is 0 Å². The third-order valence-corrected chi connectivity index (χ3v) is 1.81. The van der Waals surface area contributed by atoms with E-state index in [1.807, 2.05) is 0 Å². The molecule has 0 aliphatic carbocycles. The van der Waals surface area contributed by atoms with Gasteiger partial charge in [-0.3, -0.25) is 16.0 Å². The first kappa shape index (κ1) is 9.84. The molecule has 0 aliphatic rings. The highest BCUT2D eigenvalue weighted by Crippen LogP contribution is 1.98. The molecular formula is C6H17N3O. The average molecular weight is 147 g/mol. The van der Waals surface area contributed by atoms with E-state index in [1.165, 1.54) is 0 Å². The van der Waals surface area contributed by atoms with Gasteiger partial charge >= 0.3 is 0 Å². The van der Waals surface area contributed by atoms with Crippen LogP contribution in [0.5, 0.6) is 0 Å². The van der Waals surface area contributed by atoms with E-state index < -0.39 is 11.9 Å². The third kappa shape index (κ3) is 1.67. The first-order valence-electron chi connectivity index (χ1n) is 3.37. The Hall–Kier alpha value is -0.160. The van der Waals surface area contributed by atoms with E-state index in [4.69, 9.17) is 0 Å². The summed E-state index contributed by atoms with van der Waals surface area (Å²) in [6.45, 7) is 1.71. The molecule has 0 rings (SSSR count). The van der Waals surface area contributed by atoms with Crippen molar-refractivity contribution in [2.45, 2.75) is 18.8 Å². The monoisotopic (exact) mass is 147 g/mol. The summed E-state index contributed by atoms with van der Waals surface area (Å²) < 4.78 is 0. The maximum atomic E-state index is 9.28. The van der Waals surface area contributed by atoms with Gasteiger partial charge in [-0.15, -0.1) is 0 Å². The third-order valence-electron chi connectivity index (χ3n) is 1.81. The maximum absolute atomic E-state index is 9.28. The number of nitrogens with one attached hydrogen (secondary N) is 3. The van der Waals surface area contributed by atoms with Crippen LogP contribution in [0.25, 0.3) is 0 Å². The SMILES string of the molecule is CNC(NC)(NC)C(C)O. The van der Waals surface area contributed by atoms with Crippen molar-refractivity contribution in [3.05, 3.63) is 0 Å². The zero-order valence-electron chi connectivity index (χ0n) is 7.02. The van der Waals surface area contributed by atoms with Crippen LogP contribution in [-0.4, -0.2) is 38.1 Å². The minimum atomic E-state index is -0.569. The molecule has 4 N–H and O–H groups in total. The van der Waals surface area contributed by atoms with Crippen LogP contribution in [0.2, 0.25) is 0 Å². The lowest BCUT2D eigenvalue weighted by atomic mass is 10.2. The summed E-state index contributed by atoms with van der Waals surface area (Å²) in [6.07, 6.45) is -0.493. The minimum absolute atomic E-state index is 0.493. The smallest absolute Gasteiger partial charge is 0.149 e. The number of hydrogen-bond acceptors (Lipinski definition) is 4. The zero-order valence-corrected chi connectivity index (χ0v) is 7.02. The molecule has 0 aromatic rings. The van der Waals surface area contributed by atoms with Gasteiger partial charge in [0, 0.05) is 0 Å². The molecule has 0 saturated carbocycles. The van der Waals surface area contributed by atoms with Gasteiger partial charge < -0.3 is 5.11 Å². The standard InChI is InChI=1S/C6H17N3O/c1-5(10)6(7-2,8-3)9-4/h5,7-10H,1-4H3. The van der Waals surface area contributed by atoms with Gasteiger partial charge in [-0.05, 0) is 28.1 Å². The van der Waals surface area contributed by atoms with Crippen molar-refractivity contribution in [3.63, 3.8) is 0 Å². The van der Waals surface area contributed by atoms with Gasteiger partial charge in [0.2, 0.25) is 0 Å². The number of rotatable bonds is 4. The van der Waals surface area contributed by atoms with Gasteiger partial charge in [-0.25, -0.2) is 0 Å². The van der Waals surface area contributed by atoms with Crippen molar-refractivity contribution in [3.8, 4) is 0 Å². The van der Waals surface area contributed by atoms with Crippen LogP contribution in [0.4, 0.5) is 0 Å². The van der Waals surface area contributed by atoms with Crippen LogP contribution in [-0.2, 0) is 0 Å². The van der Waals surface area contributed by atoms with Crippen molar-refractivity contribution < 1.29 is 5.11 Å². The van der Waals surface area contributed by atoms with Crippen LogP contribution in [0.3, 0.4) is 0 Å².